The number of rotatable bonds is 5. The summed E-state index contributed by atoms with van der Waals surface area (Å²) < 4.78 is 30.5. The van der Waals surface area contributed by atoms with Crippen molar-refractivity contribution in [3.8, 4) is 0 Å². The van der Waals surface area contributed by atoms with Crippen LogP contribution in [-0.2, 0) is 16.6 Å². The first kappa shape index (κ1) is 13.6. The predicted molar refractivity (Wildman–Crippen MR) is 73.5 cm³/mol. The molecule has 0 aliphatic heterocycles. The van der Waals surface area contributed by atoms with Crippen LogP contribution in [0.1, 0.15) is 11.3 Å². The lowest BCUT2D eigenvalue weighted by Crippen LogP contribution is -2.17. The van der Waals surface area contributed by atoms with Crippen LogP contribution in [0, 0.1) is 6.92 Å². The lowest BCUT2D eigenvalue weighted by atomic mass is 10.2. The second kappa shape index (κ2) is 5.46. The average Bonchev–Trinajstić information content (AvgIpc) is 2.86. The molecular formula is C13H16N2O3S. The van der Waals surface area contributed by atoms with Gasteiger partial charge in [0.25, 0.3) is 10.0 Å². The lowest BCUT2D eigenvalue weighted by molar-refractivity contribution is 0.417. The second-order valence-electron chi connectivity index (χ2n) is 4.15. The Hall–Kier alpha value is -1.79. The molecule has 0 aliphatic rings. The summed E-state index contributed by atoms with van der Waals surface area (Å²) in [7, 11) is -2.16. The molecule has 0 bridgehead atoms. The fraction of sp³-hybridized carbons (Fsp3) is 0.231. The predicted octanol–water partition coefficient (Wildman–Crippen LogP) is 2.11. The van der Waals surface area contributed by atoms with Gasteiger partial charge in [-0.15, -0.1) is 0 Å². The first-order valence-electron chi connectivity index (χ1n) is 5.84. The Morgan fingerprint density at radius 3 is 2.68 bits per heavy atom. The van der Waals surface area contributed by atoms with Crippen LogP contribution in [-0.4, -0.2) is 15.5 Å². The van der Waals surface area contributed by atoms with E-state index in [9.17, 15) is 8.42 Å². The normalized spacial score (nSPS) is 11.5. The van der Waals surface area contributed by atoms with Crippen molar-refractivity contribution in [2.45, 2.75) is 18.6 Å². The molecule has 0 aliphatic carbocycles. The zero-order valence-corrected chi connectivity index (χ0v) is 11.6. The Labute approximate surface area is 112 Å². The maximum absolute atomic E-state index is 11.5. The van der Waals surface area contributed by atoms with Crippen molar-refractivity contribution in [2.75, 3.05) is 12.4 Å². The fourth-order valence-corrected chi connectivity index (χ4v) is 2.31. The SMILES string of the molecule is CNS(=O)(=O)c1ccc(CNc2cccc(C)c2)o1. The summed E-state index contributed by atoms with van der Waals surface area (Å²) in [5.41, 5.74) is 2.12. The van der Waals surface area contributed by atoms with Gasteiger partial charge in [0, 0.05) is 5.69 Å². The first-order chi connectivity index (χ1) is 9.01. The smallest absolute Gasteiger partial charge is 0.273 e. The van der Waals surface area contributed by atoms with Crippen molar-refractivity contribution < 1.29 is 12.8 Å². The molecule has 0 saturated carbocycles. The minimum absolute atomic E-state index is 0.0731. The molecule has 0 amide bonds. The highest BCUT2D eigenvalue weighted by molar-refractivity contribution is 7.89. The summed E-state index contributed by atoms with van der Waals surface area (Å²) in [6.07, 6.45) is 0. The highest BCUT2D eigenvalue weighted by atomic mass is 32.2. The first-order valence-corrected chi connectivity index (χ1v) is 7.32. The van der Waals surface area contributed by atoms with E-state index in [1.807, 2.05) is 31.2 Å². The third-order valence-corrected chi connectivity index (χ3v) is 3.94. The van der Waals surface area contributed by atoms with Crippen molar-refractivity contribution in [3.05, 3.63) is 47.7 Å². The van der Waals surface area contributed by atoms with E-state index in [-0.39, 0.29) is 5.09 Å². The molecule has 5 nitrogen and oxygen atoms in total. The average molecular weight is 280 g/mol. The molecule has 1 aromatic carbocycles. The van der Waals surface area contributed by atoms with Gasteiger partial charge in [0.1, 0.15) is 5.76 Å². The van der Waals surface area contributed by atoms with Crippen LogP contribution in [0.4, 0.5) is 5.69 Å². The molecule has 0 spiro atoms. The van der Waals surface area contributed by atoms with Gasteiger partial charge in [0.15, 0.2) is 0 Å². The quantitative estimate of drug-likeness (QED) is 0.880. The molecule has 102 valence electrons. The number of furan rings is 1. The van der Waals surface area contributed by atoms with E-state index in [4.69, 9.17) is 4.42 Å². The van der Waals surface area contributed by atoms with Gasteiger partial charge in [-0.1, -0.05) is 12.1 Å². The Morgan fingerprint density at radius 2 is 2.00 bits per heavy atom. The van der Waals surface area contributed by atoms with E-state index < -0.39 is 10.0 Å². The number of hydrogen-bond acceptors (Lipinski definition) is 4. The number of benzene rings is 1. The van der Waals surface area contributed by atoms with E-state index in [2.05, 4.69) is 10.0 Å². The summed E-state index contributed by atoms with van der Waals surface area (Å²) in [6.45, 7) is 2.44. The van der Waals surface area contributed by atoms with Crippen LogP contribution in [0.2, 0.25) is 0 Å². The van der Waals surface area contributed by atoms with Crippen LogP contribution in [0.3, 0.4) is 0 Å². The van der Waals surface area contributed by atoms with Crippen molar-refractivity contribution in [1.29, 1.82) is 0 Å². The Balaban J connectivity index is 2.05. The van der Waals surface area contributed by atoms with Crippen LogP contribution >= 0.6 is 0 Å². The third kappa shape index (κ3) is 3.36. The van der Waals surface area contributed by atoms with Crippen LogP contribution in [0.25, 0.3) is 0 Å². The number of anilines is 1. The highest BCUT2D eigenvalue weighted by Crippen LogP contribution is 2.16. The lowest BCUT2D eigenvalue weighted by Gasteiger charge is -2.05. The number of aryl methyl sites for hydroxylation is 1. The molecule has 0 atom stereocenters. The Morgan fingerprint density at radius 1 is 1.21 bits per heavy atom. The molecule has 0 fully saturated rings. The summed E-state index contributed by atoms with van der Waals surface area (Å²) in [4.78, 5) is 0. The Kier molecular flexibility index (Phi) is 3.92. The van der Waals surface area contributed by atoms with Crippen LogP contribution in [0.5, 0.6) is 0 Å². The molecule has 0 saturated heterocycles. The topological polar surface area (TPSA) is 71.3 Å². The highest BCUT2D eigenvalue weighted by Gasteiger charge is 2.15. The molecule has 0 radical (unpaired) electrons. The molecular weight excluding hydrogens is 264 g/mol. The van der Waals surface area contributed by atoms with E-state index in [0.717, 1.165) is 11.3 Å². The van der Waals surface area contributed by atoms with Crippen molar-refractivity contribution in [3.63, 3.8) is 0 Å². The second-order valence-corrected chi connectivity index (χ2v) is 5.97. The summed E-state index contributed by atoms with van der Waals surface area (Å²) >= 11 is 0. The molecule has 2 aromatic rings. The van der Waals surface area contributed by atoms with Gasteiger partial charge in [0.2, 0.25) is 5.09 Å². The maximum atomic E-state index is 11.5. The van der Waals surface area contributed by atoms with E-state index in [0.29, 0.717) is 12.3 Å². The zero-order valence-electron chi connectivity index (χ0n) is 10.8. The summed E-state index contributed by atoms with van der Waals surface area (Å²) in [5, 5.41) is 3.10. The van der Waals surface area contributed by atoms with E-state index in [1.165, 1.54) is 13.1 Å². The van der Waals surface area contributed by atoms with Gasteiger partial charge in [-0.2, -0.15) is 0 Å². The molecule has 2 N–H and O–H groups in total. The monoisotopic (exact) mass is 280 g/mol. The van der Waals surface area contributed by atoms with Crippen molar-refractivity contribution >= 4 is 15.7 Å². The van der Waals surface area contributed by atoms with Crippen LogP contribution in [0.15, 0.2) is 45.9 Å². The maximum Gasteiger partial charge on any atom is 0.273 e. The molecule has 2 rings (SSSR count). The van der Waals surface area contributed by atoms with Crippen molar-refractivity contribution in [1.82, 2.24) is 4.72 Å². The number of hydrogen-bond donors (Lipinski definition) is 2. The zero-order chi connectivity index (χ0) is 13.9. The third-order valence-electron chi connectivity index (χ3n) is 2.66. The largest absolute Gasteiger partial charge is 0.446 e. The standard InChI is InChI=1S/C13H16N2O3S/c1-10-4-3-5-11(8-10)15-9-12-6-7-13(18-12)19(16,17)14-2/h3-8,14-15H,9H2,1-2H3. The van der Waals surface area contributed by atoms with Crippen LogP contribution < -0.4 is 10.0 Å². The molecule has 19 heavy (non-hydrogen) atoms. The van der Waals surface area contributed by atoms with Crippen molar-refractivity contribution in [2.24, 2.45) is 0 Å². The summed E-state index contributed by atoms with van der Waals surface area (Å²) in [5.74, 6) is 0.565. The molecule has 0 unspecified atom stereocenters. The Bertz CT molecular complexity index is 662. The van der Waals surface area contributed by atoms with Gasteiger partial charge in [0.05, 0.1) is 6.54 Å². The molecule has 6 heteroatoms. The van der Waals surface area contributed by atoms with Gasteiger partial charge in [-0.3, -0.25) is 0 Å². The molecule has 1 aromatic heterocycles. The van der Waals surface area contributed by atoms with Gasteiger partial charge in [-0.05, 0) is 43.8 Å². The molecule has 1 heterocycles. The van der Waals surface area contributed by atoms with Gasteiger partial charge in [-0.25, -0.2) is 13.1 Å². The minimum atomic E-state index is -3.51. The van der Waals surface area contributed by atoms with Gasteiger partial charge >= 0.3 is 0 Å². The number of nitrogens with one attached hydrogen (secondary N) is 2. The summed E-state index contributed by atoms with van der Waals surface area (Å²) in [6, 6.07) is 11.0. The fourth-order valence-electron chi connectivity index (χ4n) is 1.64. The van der Waals surface area contributed by atoms with E-state index in [1.54, 1.807) is 6.07 Å². The van der Waals surface area contributed by atoms with Gasteiger partial charge < -0.3 is 9.73 Å². The number of sulfonamides is 1. The minimum Gasteiger partial charge on any atom is -0.446 e. The van der Waals surface area contributed by atoms with E-state index >= 15 is 0 Å².